The van der Waals surface area contributed by atoms with Crippen molar-refractivity contribution in [1.29, 1.82) is 0 Å². The average Bonchev–Trinajstić information content (AvgIpc) is 3.40. The van der Waals surface area contributed by atoms with Crippen molar-refractivity contribution in [3.8, 4) is 34.5 Å². The van der Waals surface area contributed by atoms with Gasteiger partial charge in [-0.2, -0.15) is 0 Å². The molecule has 0 N–H and O–H groups in total. The third-order valence-electron chi connectivity index (χ3n) is 12.7. The van der Waals surface area contributed by atoms with Gasteiger partial charge in [-0.15, -0.1) is 0 Å². The van der Waals surface area contributed by atoms with Crippen molar-refractivity contribution in [2.24, 2.45) is 0 Å². The van der Waals surface area contributed by atoms with Gasteiger partial charge < -0.3 is 28.4 Å². The van der Waals surface area contributed by atoms with Crippen LogP contribution in [0.25, 0.3) is 10.8 Å². The number of fused-ring (bicyclic) bond motifs is 1. The molecule has 0 amide bonds. The topological polar surface area (TPSA) is 124 Å². The van der Waals surface area contributed by atoms with Crippen molar-refractivity contribution in [3.05, 3.63) is 155 Å². The van der Waals surface area contributed by atoms with Crippen LogP contribution in [0.1, 0.15) is 184 Å². The number of unbranched alkanes of at least 4 members (excludes halogenated alkanes) is 18. The fraction of sp³-hybridized carbons (Fsp3) is 0.387. The van der Waals surface area contributed by atoms with E-state index in [4.69, 9.17) is 28.4 Å². The Balaban J connectivity index is 0.909. The van der Waals surface area contributed by atoms with E-state index in [1.807, 2.05) is 0 Å². The van der Waals surface area contributed by atoms with E-state index in [2.05, 4.69) is 13.8 Å². The minimum Gasteiger partial charge on any atom is -0.491 e. The first-order valence-electron chi connectivity index (χ1n) is 26.6. The van der Waals surface area contributed by atoms with Gasteiger partial charge >= 0.3 is 23.9 Å². The van der Waals surface area contributed by atoms with E-state index in [-0.39, 0.29) is 56.8 Å². The van der Waals surface area contributed by atoms with Gasteiger partial charge in [-0.1, -0.05) is 142 Å². The minimum atomic E-state index is -0.768. The maximum absolute atomic E-state index is 14.8. The van der Waals surface area contributed by atoms with Gasteiger partial charge in [0.25, 0.3) is 0 Å². The van der Waals surface area contributed by atoms with E-state index in [9.17, 15) is 28.0 Å². The smallest absolute Gasteiger partial charge is 0.343 e. The number of hydrogen-bond donors (Lipinski definition) is 0. The number of carbonyl (C=O) groups excluding carboxylic acids is 4. The molecule has 12 heteroatoms. The standard InChI is InChI=1S/C62H70F2O10/c1-3-5-7-9-11-13-15-17-19-21-39-69-57-37-29-48(43-55(57)63)61(67)71-51-31-25-46(26-32-51)59(65)73-53-35-23-45-24-36-54(42-50(45)41-53)74-60(66)47-27-33-52(34-28-47)72-62(68)49-30-38-58(56(64)44-49)70-40-22-20-18-16-14-12-10-8-6-4-2/h23-38,41-44H,3-22,39-40H2,1-2H3. The summed E-state index contributed by atoms with van der Waals surface area (Å²) in [6.45, 7) is 5.23. The van der Waals surface area contributed by atoms with Crippen LogP contribution in [0.2, 0.25) is 0 Å². The van der Waals surface area contributed by atoms with Crippen LogP contribution in [0.5, 0.6) is 34.5 Å². The molecule has 0 saturated heterocycles. The summed E-state index contributed by atoms with van der Waals surface area (Å²) in [5.74, 6) is -3.25. The number of esters is 4. The predicted octanol–water partition coefficient (Wildman–Crippen LogP) is 16.6. The van der Waals surface area contributed by atoms with Gasteiger partial charge in [0.15, 0.2) is 23.1 Å². The van der Waals surface area contributed by atoms with E-state index < -0.39 is 35.5 Å². The third-order valence-corrected chi connectivity index (χ3v) is 12.7. The summed E-state index contributed by atoms with van der Waals surface area (Å²) in [6, 6.07) is 29.5. The van der Waals surface area contributed by atoms with E-state index in [1.165, 1.54) is 163 Å². The first-order chi connectivity index (χ1) is 36.1. The SMILES string of the molecule is CCCCCCCCCCCCOc1ccc(C(=O)Oc2ccc(C(=O)Oc3ccc4ccc(OC(=O)c5ccc(OC(=O)c6ccc(OCCCCCCCCCCCC)c(F)c6)cc5)cc4c3)cc2)cc1F. The van der Waals surface area contributed by atoms with Gasteiger partial charge in [0.05, 0.1) is 35.5 Å². The minimum absolute atomic E-state index is 0.0130. The lowest BCUT2D eigenvalue weighted by molar-refractivity contribution is 0.0720. The van der Waals surface area contributed by atoms with Crippen LogP contribution in [0, 0.1) is 11.6 Å². The second-order valence-electron chi connectivity index (χ2n) is 18.6. The van der Waals surface area contributed by atoms with Crippen molar-refractivity contribution in [3.63, 3.8) is 0 Å². The van der Waals surface area contributed by atoms with E-state index in [1.54, 1.807) is 36.4 Å². The van der Waals surface area contributed by atoms with Gasteiger partial charge in [-0.3, -0.25) is 0 Å². The number of benzene rings is 6. The highest BCUT2D eigenvalue weighted by Gasteiger charge is 2.17. The van der Waals surface area contributed by atoms with E-state index >= 15 is 0 Å². The lowest BCUT2D eigenvalue weighted by Gasteiger charge is -2.10. The van der Waals surface area contributed by atoms with Gasteiger partial charge in [0, 0.05) is 0 Å². The molecule has 6 aromatic carbocycles. The molecule has 392 valence electrons. The highest BCUT2D eigenvalue weighted by Crippen LogP contribution is 2.28. The Bertz CT molecular complexity index is 2540. The van der Waals surface area contributed by atoms with Crippen LogP contribution in [-0.4, -0.2) is 37.1 Å². The number of rotatable bonds is 32. The molecule has 0 aromatic heterocycles. The summed E-state index contributed by atoms with van der Waals surface area (Å²) in [4.78, 5) is 51.9. The third kappa shape index (κ3) is 18.8. The molecule has 0 radical (unpaired) electrons. The number of carbonyl (C=O) groups is 4. The van der Waals surface area contributed by atoms with Crippen LogP contribution in [0.15, 0.2) is 121 Å². The summed E-state index contributed by atoms with van der Waals surface area (Å²) in [7, 11) is 0. The highest BCUT2D eigenvalue weighted by molar-refractivity contribution is 5.95. The molecule has 0 unspecified atom stereocenters. The molecule has 0 bridgehead atoms. The molecule has 0 spiro atoms. The Labute approximate surface area is 434 Å². The zero-order valence-electron chi connectivity index (χ0n) is 42.9. The second-order valence-corrected chi connectivity index (χ2v) is 18.6. The quantitative estimate of drug-likeness (QED) is 0.0229. The molecule has 6 aromatic rings. The van der Waals surface area contributed by atoms with E-state index in [0.29, 0.717) is 18.6 Å². The molecule has 10 nitrogen and oxygen atoms in total. The molecule has 0 aliphatic rings. The fourth-order valence-corrected chi connectivity index (χ4v) is 8.34. The van der Waals surface area contributed by atoms with Crippen LogP contribution in [0.3, 0.4) is 0 Å². The van der Waals surface area contributed by atoms with Crippen molar-refractivity contribution in [2.45, 2.75) is 142 Å². The zero-order chi connectivity index (χ0) is 52.3. The lowest BCUT2D eigenvalue weighted by Crippen LogP contribution is -2.11. The van der Waals surface area contributed by atoms with Crippen LogP contribution in [-0.2, 0) is 0 Å². The Morgan fingerprint density at radius 1 is 0.324 bits per heavy atom. The van der Waals surface area contributed by atoms with Crippen molar-refractivity contribution >= 4 is 34.6 Å². The van der Waals surface area contributed by atoms with Crippen molar-refractivity contribution < 1.29 is 56.4 Å². The summed E-state index contributed by atoms with van der Waals surface area (Å²) in [5.41, 5.74) is 0.399. The molecule has 0 atom stereocenters. The second kappa shape index (κ2) is 30.8. The number of hydrogen-bond acceptors (Lipinski definition) is 10. The summed E-state index contributed by atoms with van der Waals surface area (Å²) in [6.07, 6.45) is 23.8. The normalized spacial score (nSPS) is 11.0. The first-order valence-corrected chi connectivity index (χ1v) is 26.6. The van der Waals surface area contributed by atoms with Crippen LogP contribution < -0.4 is 28.4 Å². The molecule has 74 heavy (non-hydrogen) atoms. The average molecular weight is 1010 g/mol. The molecule has 0 aliphatic carbocycles. The maximum Gasteiger partial charge on any atom is 0.343 e. The van der Waals surface area contributed by atoms with Crippen LogP contribution in [0.4, 0.5) is 8.78 Å². The molecular weight excluding hydrogens is 943 g/mol. The Morgan fingerprint density at radius 2 is 0.622 bits per heavy atom. The Kier molecular flexibility index (Phi) is 23.4. The van der Waals surface area contributed by atoms with Gasteiger partial charge in [0.1, 0.15) is 23.0 Å². The fourth-order valence-electron chi connectivity index (χ4n) is 8.34. The summed E-state index contributed by atoms with van der Waals surface area (Å²) >= 11 is 0. The molecular formula is C62H70F2O10. The Hall–Kier alpha value is -7.08. The molecule has 0 fully saturated rings. The molecule has 0 heterocycles. The Morgan fingerprint density at radius 3 is 0.973 bits per heavy atom. The van der Waals surface area contributed by atoms with Gasteiger partial charge in [0.2, 0.25) is 0 Å². The lowest BCUT2D eigenvalue weighted by atomic mass is 10.1. The van der Waals surface area contributed by atoms with Crippen molar-refractivity contribution in [1.82, 2.24) is 0 Å². The van der Waals surface area contributed by atoms with Crippen LogP contribution >= 0.6 is 0 Å². The predicted molar refractivity (Wildman–Crippen MR) is 284 cm³/mol. The molecule has 0 aliphatic heterocycles. The summed E-state index contributed by atoms with van der Waals surface area (Å²) in [5, 5.41) is 1.42. The van der Waals surface area contributed by atoms with Gasteiger partial charge in [-0.05, 0) is 133 Å². The largest absolute Gasteiger partial charge is 0.491 e. The first kappa shape index (κ1) is 56.2. The summed E-state index contributed by atoms with van der Waals surface area (Å²) < 4.78 is 63.0. The molecule has 6 rings (SSSR count). The van der Waals surface area contributed by atoms with Crippen molar-refractivity contribution in [2.75, 3.05) is 13.2 Å². The van der Waals surface area contributed by atoms with Gasteiger partial charge in [-0.25, -0.2) is 28.0 Å². The number of ether oxygens (including phenoxy) is 6. The zero-order valence-corrected chi connectivity index (χ0v) is 42.9. The van der Waals surface area contributed by atoms with E-state index in [0.717, 1.165) is 56.0 Å². The highest BCUT2D eigenvalue weighted by atomic mass is 19.1. The monoisotopic (exact) mass is 1010 g/mol. The molecule has 0 saturated carbocycles. The number of halogens is 2. The maximum atomic E-state index is 14.8.